The summed E-state index contributed by atoms with van der Waals surface area (Å²) in [4.78, 5) is 28.9. The van der Waals surface area contributed by atoms with Crippen molar-refractivity contribution in [2.75, 3.05) is 31.1 Å². The second-order valence-corrected chi connectivity index (χ2v) is 7.36. The van der Waals surface area contributed by atoms with Gasteiger partial charge < -0.3 is 9.80 Å². The fourth-order valence-electron chi connectivity index (χ4n) is 3.31. The molecule has 1 aliphatic rings. The van der Waals surface area contributed by atoms with Crippen molar-refractivity contribution >= 4 is 23.5 Å². The van der Waals surface area contributed by atoms with Crippen LogP contribution in [0.25, 0.3) is 11.3 Å². The van der Waals surface area contributed by atoms with Gasteiger partial charge in [0.1, 0.15) is 5.15 Å². The molecular weight excluding hydrogens is 431 g/mol. The lowest BCUT2D eigenvalue weighted by Gasteiger charge is -2.34. The Morgan fingerprint density at radius 2 is 1.77 bits per heavy atom. The average Bonchev–Trinajstić information content (AvgIpc) is 2.79. The molecule has 1 fully saturated rings. The molecule has 0 bridgehead atoms. The third kappa shape index (κ3) is 4.77. The molecule has 3 heterocycles. The number of alkyl halides is 3. The summed E-state index contributed by atoms with van der Waals surface area (Å²) >= 11 is 5.76. The Hall–Kier alpha value is -3.20. The summed E-state index contributed by atoms with van der Waals surface area (Å²) in [5.41, 5.74) is 0.499. The van der Waals surface area contributed by atoms with E-state index in [2.05, 4.69) is 15.0 Å². The summed E-state index contributed by atoms with van der Waals surface area (Å²) in [5, 5.41) is 0.319. The van der Waals surface area contributed by atoms with Crippen LogP contribution >= 0.6 is 11.6 Å². The first-order valence-electron chi connectivity index (χ1n) is 9.48. The molecule has 1 aromatic carbocycles. The highest BCUT2D eigenvalue weighted by atomic mass is 35.5. The van der Waals surface area contributed by atoms with Crippen LogP contribution < -0.4 is 4.90 Å². The molecule has 1 aliphatic heterocycles. The van der Waals surface area contributed by atoms with Crippen LogP contribution in [0.3, 0.4) is 0 Å². The number of nitrogens with zero attached hydrogens (tertiary/aromatic N) is 5. The summed E-state index contributed by atoms with van der Waals surface area (Å²) < 4.78 is 39.0. The van der Waals surface area contributed by atoms with Crippen LogP contribution in [-0.4, -0.2) is 51.9 Å². The van der Waals surface area contributed by atoms with Crippen molar-refractivity contribution in [3.05, 3.63) is 71.1 Å². The van der Waals surface area contributed by atoms with Gasteiger partial charge >= 0.3 is 6.18 Å². The monoisotopic (exact) mass is 447 g/mol. The van der Waals surface area contributed by atoms with Gasteiger partial charge in [0.05, 0.1) is 16.8 Å². The third-order valence-corrected chi connectivity index (χ3v) is 5.18. The van der Waals surface area contributed by atoms with Crippen molar-refractivity contribution < 1.29 is 18.0 Å². The zero-order chi connectivity index (χ0) is 22.0. The lowest BCUT2D eigenvalue weighted by atomic mass is 10.1. The molecule has 1 saturated heterocycles. The molecule has 4 rings (SSSR count). The third-order valence-electron chi connectivity index (χ3n) is 4.95. The number of hydrogen-bond acceptors (Lipinski definition) is 5. The standard InChI is InChI=1S/C21H17ClF3N5O/c22-18-5-4-15(13-27-18)19(31)29-8-10-30(11-9-29)20-26-7-6-17(28-20)14-2-1-3-16(12-14)21(23,24)25/h1-7,12-13H,8-11H2. The van der Waals surface area contributed by atoms with E-state index in [-0.39, 0.29) is 5.91 Å². The zero-order valence-electron chi connectivity index (χ0n) is 16.2. The fraction of sp³-hybridized carbons (Fsp3) is 0.238. The van der Waals surface area contributed by atoms with Gasteiger partial charge in [0.2, 0.25) is 5.95 Å². The van der Waals surface area contributed by atoms with E-state index in [1.807, 2.05) is 4.90 Å². The van der Waals surface area contributed by atoms with E-state index in [1.54, 1.807) is 29.2 Å². The Balaban J connectivity index is 1.46. The largest absolute Gasteiger partial charge is 0.416 e. The molecule has 0 spiro atoms. The highest BCUT2D eigenvalue weighted by Crippen LogP contribution is 2.32. The summed E-state index contributed by atoms with van der Waals surface area (Å²) in [6.45, 7) is 1.91. The molecule has 2 aromatic heterocycles. The number of amides is 1. The topological polar surface area (TPSA) is 62.2 Å². The van der Waals surface area contributed by atoms with E-state index in [9.17, 15) is 18.0 Å². The van der Waals surface area contributed by atoms with Gasteiger partial charge in [-0.1, -0.05) is 23.7 Å². The van der Waals surface area contributed by atoms with Gasteiger partial charge in [0.15, 0.2) is 0 Å². The van der Waals surface area contributed by atoms with Crippen molar-refractivity contribution in [3.8, 4) is 11.3 Å². The highest BCUT2D eigenvalue weighted by molar-refractivity contribution is 6.29. The molecule has 0 radical (unpaired) electrons. The average molecular weight is 448 g/mol. The number of carbonyl (C=O) groups excluding carboxylic acids is 1. The number of piperazine rings is 1. The molecule has 0 aliphatic carbocycles. The normalized spacial score (nSPS) is 14.6. The minimum Gasteiger partial charge on any atom is -0.337 e. The second-order valence-electron chi connectivity index (χ2n) is 6.97. The number of pyridine rings is 1. The van der Waals surface area contributed by atoms with Crippen molar-refractivity contribution in [2.45, 2.75) is 6.18 Å². The number of benzene rings is 1. The van der Waals surface area contributed by atoms with Gasteiger partial charge in [-0.3, -0.25) is 4.79 Å². The Labute approximate surface area is 181 Å². The van der Waals surface area contributed by atoms with Crippen LogP contribution in [-0.2, 0) is 6.18 Å². The van der Waals surface area contributed by atoms with Crippen LogP contribution in [0.2, 0.25) is 5.15 Å². The smallest absolute Gasteiger partial charge is 0.337 e. The van der Waals surface area contributed by atoms with Crippen molar-refractivity contribution in [1.82, 2.24) is 19.9 Å². The second kappa shape index (κ2) is 8.50. The molecule has 10 heteroatoms. The van der Waals surface area contributed by atoms with Gasteiger partial charge in [-0.15, -0.1) is 0 Å². The first-order valence-corrected chi connectivity index (χ1v) is 9.85. The first-order chi connectivity index (χ1) is 14.8. The summed E-state index contributed by atoms with van der Waals surface area (Å²) in [5.74, 6) is 0.276. The Bertz CT molecular complexity index is 1080. The minimum absolute atomic E-state index is 0.137. The lowest BCUT2D eigenvalue weighted by Crippen LogP contribution is -2.49. The summed E-state index contributed by atoms with van der Waals surface area (Å²) in [6.07, 6.45) is -1.46. The molecule has 1 amide bonds. The molecule has 160 valence electrons. The minimum atomic E-state index is -4.42. The fourth-order valence-corrected chi connectivity index (χ4v) is 3.42. The number of halogens is 4. The Kier molecular flexibility index (Phi) is 5.77. The maximum atomic E-state index is 13.0. The highest BCUT2D eigenvalue weighted by Gasteiger charge is 2.30. The number of anilines is 1. The van der Waals surface area contributed by atoms with Crippen LogP contribution in [0, 0.1) is 0 Å². The molecule has 6 nitrogen and oxygen atoms in total. The predicted octanol–water partition coefficient (Wildman–Crippen LogP) is 4.17. The van der Waals surface area contributed by atoms with Gasteiger partial charge in [-0.25, -0.2) is 15.0 Å². The van der Waals surface area contributed by atoms with Gasteiger partial charge in [-0.2, -0.15) is 13.2 Å². The van der Waals surface area contributed by atoms with E-state index in [4.69, 9.17) is 11.6 Å². The van der Waals surface area contributed by atoms with E-state index >= 15 is 0 Å². The number of hydrogen-bond donors (Lipinski definition) is 0. The summed E-state index contributed by atoms with van der Waals surface area (Å²) in [7, 11) is 0. The van der Waals surface area contributed by atoms with Crippen LogP contribution in [0.1, 0.15) is 15.9 Å². The zero-order valence-corrected chi connectivity index (χ0v) is 16.9. The van der Waals surface area contributed by atoms with Crippen LogP contribution in [0.4, 0.5) is 19.1 Å². The number of aromatic nitrogens is 3. The Morgan fingerprint density at radius 3 is 2.45 bits per heavy atom. The molecule has 0 unspecified atom stereocenters. The van der Waals surface area contributed by atoms with Gasteiger partial charge in [0.25, 0.3) is 5.91 Å². The molecule has 3 aromatic rings. The molecule has 31 heavy (non-hydrogen) atoms. The maximum Gasteiger partial charge on any atom is 0.416 e. The van der Waals surface area contributed by atoms with Crippen molar-refractivity contribution in [3.63, 3.8) is 0 Å². The van der Waals surface area contributed by atoms with Crippen LogP contribution in [0.5, 0.6) is 0 Å². The van der Waals surface area contributed by atoms with Crippen molar-refractivity contribution in [1.29, 1.82) is 0 Å². The lowest BCUT2D eigenvalue weighted by molar-refractivity contribution is -0.137. The SMILES string of the molecule is O=C(c1ccc(Cl)nc1)N1CCN(c2nccc(-c3cccc(C(F)(F)F)c3)n2)CC1. The van der Waals surface area contributed by atoms with Gasteiger partial charge in [0, 0.05) is 44.1 Å². The van der Waals surface area contributed by atoms with Gasteiger partial charge in [-0.05, 0) is 30.3 Å². The predicted molar refractivity (Wildman–Crippen MR) is 110 cm³/mol. The molecule has 0 saturated carbocycles. The van der Waals surface area contributed by atoms with Crippen LogP contribution in [0.15, 0.2) is 54.9 Å². The number of carbonyl (C=O) groups is 1. The molecule has 0 atom stereocenters. The maximum absolute atomic E-state index is 13.0. The van der Waals surface area contributed by atoms with Crippen molar-refractivity contribution in [2.24, 2.45) is 0 Å². The first kappa shape index (κ1) is 21.0. The quantitative estimate of drug-likeness (QED) is 0.564. The van der Waals surface area contributed by atoms with E-state index in [1.165, 1.54) is 18.5 Å². The molecular formula is C21H17ClF3N5O. The Morgan fingerprint density at radius 1 is 1.00 bits per heavy atom. The molecule has 0 N–H and O–H groups in total. The van der Waals surface area contributed by atoms with E-state index in [0.29, 0.717) is 54.1 Å². The van der Waals surface area contributed by atoms with E-state index < -0.39 is 11.7 Å². The number of rotatable bonds is 3. The van der Waals surface area contributed by atoms with E-state index in [0.717, 1.165) is 12.1 Å². The summed E-state index contributed by atoms with van der Waals surface area (Å²) in [6, 6.07) is 9.81.